The SMILES string of the molecule is O=S(=O)(CC1CCCCN1)Nc1cc(Cl)ccc1Cl. The predicted molar refractivity (Wildman–Crippen MR) is 79.5 cm³/mol. The van der Waals surface area contributed by atoms with Crippen LogP contribution >= 0.6 is 23.2 Å². The van der Waals surface area contributed by atoms with Crippen LogP contribution in [0.2, 0.25) is 10.0 Å². The highest BCUT2D eigenvalue weighted by molar-refractivity contribution is 7.92. The molecule has 0 bridgehead atoms. The third kappa shape index (κ3) is 4.53. The second kappa shape index (κ2) is 6.31. The zero-order chi connectivity index (χ0) is 13.9. The van der Waals surface area contributed by atoms with E-state index in [2.05, 4.69) is 10.0 Å². The van der Waals surface area contributed by atoms with E-state index in [0.717, 1.165) is 25.8 Å². The van der Waals surface area contributed by atoms with Crippen molar-refractivity contribution in [1.82, 2.24) is 5.32 Å². The van der Waals surface area contributed by atoms with Crippen molar-refractivity contribution in [3.05, 3.63) is 28.2 Å². The quantitative estimate of drug-likeness (QED) is 0.896. The molecule has 19 heavy (non-hydrogen) atoms. The summed E-state index contributed by atoms with van der Waals surface area (Å²) in [5, 5.41) is 3.99. The lowest BCUT2D eigenvalue weighted by molar-refractivity contribution is 0.424. The Morgan fingerprint density at radius 2 is 2.11 bits per heavy atom. The molecule has 4 nitrogen and oxygen atoms in total. The van der Waals surface area contributed by atoms with Crippen LogP contribution in [-0.2, 0) is 10.0 Å². The number of nitrogens with one attached hydrogen (secondary N) is 2. The molecule has 1 atom stereocenters. The second-order valence-electron chi connectivity index (χ2n) is 4.65. The van der Waals surface area contributed by atoms with Gasteiger partial charge in [0.05, 0.1) is 16.5 Å². The van der Waals surface area contributed by atoms with E-state index in [1.807, 2.05) is 0 Å². The number of rotatable bonds is 4. The van der Waals surface area contributed by atoms with Gasteiger partial charge in [-0.1, -0.05) is 29.6 Å². The molecule has 106 valence electrons. The van der Waals surface area contributed by atoms with Gasteiger partial charge in [0.1, 0.15) is 0 Å². The Balaban J connectivity index is 2.05. The summed E-state index contributed by atoms with van der Waals surface area (Å²) in [4.78, 5) is 0. The molecular formula is C12H16Cl2N2O2S. The molecule has 0 radical (unpaired) electrons. The van der Waals surface area contributed by atoms with Crippen LogP contribution in [0.3, 0.4) is 0 Å². The Labute approximate surface area is 123 Å². The van der Waals surface area contributed by atoms with Gasteiger partial charge in [0.15, 0.2) is 0 Å². The van der Waals surface area contributed by atoms with Gasteiger partial charge < -0.3 is 5.32 Å². The van der Waals surface area contributed by atoms with Gasteiger partial charge in [0.2, 0.25) is 10.0 Å². The van der Waals surface area contributed by atoms with Crippen molar-refractivity contribution < 1.29 is 8.42 Å². The predicted octanol–water partition coefficient (Wildman–Crippen LogP) is 2.88. The summed E-state index contributed by atoms with van der Waals surface area (Å²) < 4.78 is 26.6. The van der Waals surface area contributed by atoms with Gasteiger partial charge in [-0.05, 0) is 37.6 Å². The second-order valence-corrected chi connectivity index (χ2v) is 7.27. The van der Waals surface area contributed by atoms with Crippen LogP contribution in [-0.4, -0.2) is 26.8 Å². The number of anilines is 1. The fourth-order valence-electron chi connectivity index (χ4n) is 2.12. The molecule has 1 aliphatic heterocycles. The summed E-state index contributed by atoms with van der Waals surface area (Å²) >= 11 is 11.8. The van der Waals surface area contributed by atoms with E-state index < -0.39 is 10.0 Å². The Morgan fingerprint density at radius 1 is 1.32 bits per heavy atom. The molecule has 1 unspecified atom stereocenters. The average Bonchev–Trinajstić information content (AvgIpc) is 2.34. The highest BCUT2D eigenvalue weighted by atomic mass is 35.5. The fourth-order valence-corrected chi connectivity index (χ4v) is 3.91. The van der Waals surface area contributed by atoms with E-state index in [1.165, 1.54) is 6.07 Å². The summed E-state index contributed by atoms with van der Waals surface area (Å²) in [5.41, 5.74) is 0.324. The molecule has 0 aromatic heterocycles. The first-order valence-corrected chi connectivity index (χ1v) is 8.56. The monoisotopic (exact) mass is 322 g/mol. The molecule has 2 N–H and O–H groups in total. The van der Waals surface area contributed by atoms with Crippen LogP contribution < -0.4 is 10.0 Å². The van der Waals surface area contributed by atoms with Crippen LogP contribution in [0.15, 0.2) is 18.2 Å². The van der Waals surface area contributed by atoms with Crippen molar-refractivity contribution in [2.75, 3.05) is 17.0 Å². The van der Waals surface area contributed by atoms with E-state index in [9.17, 15) is 8.42 Å². The summed E-state index contributed by atoms with van der Waals surface area (Å²) in [6.45, 7) is 0.873. The Bertz CT molecular complexity index is 543. The summed E-state index contributed by atoms with van der Waals surface area (Å²) in [6.07, 6.45) is 3.04. The van der Waals surface area contributed by atoms with Crippen molar-refractivity contribution in [2.24, 2.45) is 0 Å². The number of halogens is 2. The van der Waals surface area contributed by atoms with Crippen molar-refractivity contribution >= 4 is 38.9 Å². The maximum atomic E-state index is 12.1. The lowest BCUT2D eigenvalue weighted by Gasteiger charge is -2.23. The van der Waals surface area contributed by atoms with Crippen LogP contribution in [0.25, 0.3) is 0 Å². The zero-order valence-electron chi connectivity index (χ0n) is 10.3. The molecule has 0 saturated carbocycles. The van der Waals surface area contributed by atoms with Crippen molar-refractivity contribution in [1.29, 1.82) is 0 Å². The number of benzene rings is 1. The summed E-state index contributed by atoms with van der Waals surface area (Å²) in [7, 11) is -3.43. The first kappa shape index (κ1) is 14.9. The number of piperidine rings is 1. The summed E-state index contributed by atoms with van der Waals surface area (Å²) in [6, 6.07) is 4.70. The Morgan fingerprint density at radius 3 is 2.79 bits per heavy atom. The van der Waals surface area contributed by atoms with Crippen LogP contribution in [0.5, 0.6) is 0 Å². The smallest absolute Gasteiger partial charge is 0.234 e. The fraction of sp³-hybridized carbons (Fsp3) is 0.500. The van der Waals surface area contributed by atoms with Gasteiger partial charge in [-0.15, -0.1) is 0 Å². The molecule has 1 fully saturated rings. The first-order chi connectivity index (χ1) is 8.96. The third-order valence-corrected chi connectivity index (χ3v) is 4.96. The topological polar surface area (TPSA) is 58.2 Å². The molecule has 1 aromatic rings. The normalized spacial score (nSPS) is 20.2. The molecule has 7 heteroatoms. The van der Waals surface area contributed by atoms with Crippen LogP contribution in [0.1, 0.15) is 19.3 Å². The largest absolute Gasteiger partial charge is 0.313 e. The van der Waals surface area contributed by atoms with Crippen LogP contribution in [0, 0.1) is 0 Å². The van der Waals surface area contributed by atoms with Gasteiger partial charge in [0, 0.05) is 11.1 Å². The maximum absolute atomic E-state index is 12.1. The van der Waals surface area contributed by atoms with Gasteiger partial charge in [-0.3, -0.25) is 4.72 Å². The minimum absolute atomic E-state index is 0.00390. The van der Waals surface area contributed by atoms with Gasteiger partial charge in [-0.2, -0.15) is 0 Å². The summed E-state index contributed by atoms with van der Waals surface area (Å²) in [5.74, 6) is 0.0514. The molecule has 0 amide bonds. The minimum Gasteiger partial charge on any atom is -0.313 e. The molecule has 2 rings (SSSR count). The van der Waals surface area contributed by atoms with Gasteiger partial charge in [0.25, 0.3) is 0 Å². The number of hydrogen-bond donors (Lipinski definition) is 2. The molecular weight excluding hydrogens is 307 g/mol. The average molecular weight is 323 g/mol. The number of sulfonamides is 1. The molecule has 0 aliphatic carbocycles. The van der Waals surface area contributed by atoms with Gasteiger partial charge >= 0.3 is 0 Å². The molecule has 1 saturated heterocycles. The molecule has 1 heterocycles. The van der Waals surface area contributed by atoms with Crippen molar-refractivity contribution in [3.8, 4) is 0 Å². The standard InChI is InChI=1S/C12H16Cl2N2O2S/c13-9-4-5-11(14)12(7-9)16-19(17,18)8-10-3-1-2-6-15-10/h4-5,7,10,15-16H,1-3,6,8H2. The lowest BCUT2D eigenvalue weighted by atomic mass is 10.1. The molecule has 1 aliphatic rings. The van der Waals surface area contributed by atoms with Crippen molar-refractivity contribution in [2.45, 2.75) is 25.3 Å². The van der Waals surface area contributed by atoms with E-state index in [1.54, 1.807) is 12.1 Å². The lowest BCUT2D eigenvalue weighted by Crippen LogP contribution is -2.40. The Hall–Kier alpha value is -0.490. The maximum Gasteiger partial charge on any atom is 0.234 e. The molecule has 0 spiro atoms. The Kier molecular flexibility index (Phi) is 4.95. The first-order valence-electron chi connectivity index (χ1n) is 6.15. The van der Waals surface area contributed by atoms with E-state index >= 15 is 0 Å². The minimum atomic E-state index is -3.43. The number of hydrogen-bond acceptors (Lipinski definition) is 3. The van der Waals surface area contributed by atoms with E-state index in [4.69, 9.17) is 23.2 Å². The molecule has 1 aromatic carbocycles. The van der Waals surface area contributed by atoms with E-state index in [0.29, 0.717) is 15.7 Å². The zero-order valence-corrected chi connectivity index (χ0v) is 12.7. The van der Waals surface area contributed by atoms with Gasteiger partial charge in [-0.25, -0.2) is 8.42 Å². The van der Waals surface area contributed by atoms with E-state index in [-0.39, 0.29) is 11.8 Å². The highest BCUT2D eigenvalue weighted by Crippen LogP contribution is 2.26. The third-order valence-electron chi connectivity index (χ3n) is 3.03. The highest BCUT2D eigenvalue weighted by Gasteiger charge is 2.21. The van der Waals surface area contributed by atoms with Crippen molar-refractivity contribution in [3.63, 3.8) is 0 Å². The van der Waals surface area contributed by atoms with Crippen LogP contribution in [0.4, 0.5) is 5.69 Å².